The standard InChI is InChI=1S/C20H20N2O4S/c1-12-4-9-16-17(10-12)27-20(22-16)14-5-7-15(8-6-14)21-19(24)13(2)26-18(23)11-25-3/h4-10,13H,11H2,1-3H3,(H,21,24)/t13-/m1/s1. The number of nitrogens with zero attached hydrogens (tertiary/aromatic N) is 1. The van der Waals surface area contributed by atoms with Crippen LogP contribution in [0, 0.1) is 6.92 Å². The van der Waals surface area contributed by atoms with Crippen molar-refractivity contribution < 1.29 is 19.1 Å². The lowest BCUT2D eigenvalue weighted by molar-refractivity contribution is -0.156. The molecule has 27 heavy (non-hydrogen) atoms. The summed E-state index contributed by atoms with van der Waals surface area (Å²) in [5.74, 6) is -0.982. The van der Waals surface area contributed by atoms with E-state index in [1.54, 1.807) is 23.5 Å². The molecule has 0 spiro atoms. The van der Waals surface area contributed by atoms with E-state index in [-0.39, 0.29) is 6.61 Å². The number of carbonyl (C=O) groups is 2. The molecule has 3 aromatic rings. The molecule has 1 amide bonds. The van der Waals surface area contributed by atoms with Gasteiger partial charge in [-0.3, -0.25) is 4.79 Å². The lowest BCUT2D eigenvalue weighted by Gasteiger charge is -2.13. The van der Waals surface area contributed by atoms with Gasteiger partial charge in [-0.2, -0.15) is 0 Å². The van der Waals surface area contributed by atoms with Gasteiger partial charge < -0.3 is 14.8 Å². The Morgan fingerprint density at radius 3 is 2.63 bits per heavy atom. The van der Waals surface area contributed by atoms with Crippen molar-refractivity contribution in [3.8, 4) is 10.6 Å². The Balaban J connectivity index is 1.67. The maximum absolute atomic E-state index is 12.1. The second kappa shape index (κ2) is 8.28. The van der Waals surface area contributed by atoms with Crippen LogP contribution in [0.25, 0.3) is 20.8 Å². The van der Waals surface area contributed by atoms with Gasteiger partial charge in [0, 0.05) is 18.4 Å². The number of nitrogens with one attached hydrogen (secondary N) is 1. The van der Waals surface area contributed by atoms with Crippen molar-refractivity contribution >= 4 is 39.1 Å². The van der Waals surface area contributed by atoms with E-state index in [1.165, 1.54) is 19.6 Å². The summed E-state index contributed by atoms with van der Waals surface area (Å²) in [5.41, 5.74) is 3.78. The molecule has 2 aromatic carbocycles. The van der Waals surface area contributed by atoms with Gasteiger partial charge >= 0.3 is 5.97 Å². The molecule has 0 aliphatic carbocycles. The molecule has 1 aromatic heterocycles. The summed E-state index contributed by atoms with van der Waals surface area (Å²) >= 11 is 1.63. The highest BCUT2D eigenvalue weighted by molar-refractivity contribution is 7.21. The smallest absolute Gasteiger partial charge is 0.332 e. The normalized spacial score (nSPS) is 12.0. The van der Waals surface area contributed by atoms with E-state index in [9.17, 15) is 9.59 Å². The summed E-state index contributed by atoms with van der Waals surface area (Å²) in [6, 6.07) is 13.6. The van der Waals surface area contributed by atoms with Crippen LogP contribution in [0.4, 0.5) is 5.69 Å². The second-order valence-corrected chi connectivity index (χ2v) is 7.15. The predicted octanol–water partition coefficient (Wildman–Crippen LogP) is 3.79. The predicted molar refractivity (Wildman–Crippen MR) is 106 cm³/mol. The van der Waals surface area contributed by atoms with Crippen LogP contribution in [0.1, 0.15) is 12.5 Å². The third kappa shape index (κ3) is 4.69. The van der Waals surface area contributed by atoms with Crippen molar-refractivity contribution in [2.24, 2.45) is 0 Å². The first-order valence-electron chi connectivity index (χ1n) is 8.43. The Labute approximate surface area is 161 Å². The van der Waals surface area contributed by atoms with Crippen LogP contribution in [-0.4, -0.2) is 36.7 Å². The summed E-state index contributed by atoms with van der Waals surface area (Å²) in [5, 5.41) is 3.65. The molecule has 0 radical (unpaired) electrons. The average molecular weight is 384 g/mol. The number of anilines is 1. The summed E-state index contributed by atoms with van der Waals surface area (Å²) in [4.78, 5) is 28.1. The molecular formula is C20H20N2O4S. The Morgan fingerprint density at radius 2 is 1.93 bits per heavy atom. The number of thiazole rings is 1. The van der Waals surface area contributed by atoms with Gasteiger partial charge in [-0.25, -0.2) is 9.78 Å². The number of aryl methyl sites for hydroxylation is 1. The highest BCUT2D eigenvalue weighted by Crippen LogP contribution is 2.31. The number of carbonyl (C=O) groups excluding carboxylic acids is 2. The number of benzene rings is 2. The van der Waals surface area contributed by atoms with E-state index in [1.807, 2.05) is 24.3 Å². The molecule has 0 aliphatic heterocycles. The molecule has 0 saturated carbocycles. The maximum atomic E-state index is 12.1. The van der Waals surface area contributed by atoms with Crippen LogP contribution in [-0.2, 0) is 19.1 Å². The number of fused-ring (bicyclic) bond motifs is 1. The van der Waals surface area contributed by atoms with Crippen molar-refractivity contribution in [2.45, 2.75) is 20.0 Å². The molecule has 1 N–H and O–H groups in total. The van der Waals surface area contributed by atoms with Gasteiger partial charge in [0.05, 0.1) is 10.2 Å². The Morgan fingerprint density at radius 1 is 1.19 bits per heavy atom. The molecule has 0 unspecified atom stereocenters. The highest BCUT2D eigenvalue weighted by atomic mass is 32.1. The number of methoxy groups -OCH3 is 1. The zero-order valence-electron chi connectivity index (χ0n) is 15.3. The lowest BCUT2D eigenvalue weighted by atomic mass is 10.2. The number of rotatable bonds is 6. The van der Waals surface area contributed by atoms with Gasteiger partial charge in [-0.15, -0.1) is 11.3 Å². The molecule has 0 aliphatic rings. The van der Waals surface area contributed by atoms with Gasteiger partial charge in [0.25, 0.3) is 5.91 Å². The first kappa shape index (κ1) is 19.0. The summed E-state index contributed by atoms with van der Waals surface area (Å²) in [6.07, 6.45) is -0.903. The monoisotopic (exact) mass is 384 g/mol. The molecule has 3 rings (SSSR count). The van der Waals surface area contributed by atoms with Gasteiger partial charge in [-0.1, -0.05) is 6.07 Å². The van der Waals surface area contributed by atoms with Gasteiger partial charge in [0.1, 0.15) is 11.6 Å². The fourth-order valence-electron chi connectivity index (χ4n) is 2.50. The third-order valence-corrected chi connectivity index (χ3v) is 4.95. The van der Waals surface area contributed by atoms with Crippen molar-refractivity contribution in [1.82, 2.24) is 4.98 Å². The number of hydrogen-bond acceptors (Lipinski definition) is 6. The third-order valence-electron chi connectivity index (χ3n) is 3.88. The fraction of sp³-hybridized carbons (Fsp3) is 0.250. The van der Waals surface area contributed by atoms with Gasteiger partial charge in [0.2, 0.25) is 0 Å². The van der Waals surface area contributed by atoms with E-state index < -0.39 is 18.0 Å². The van der Waals surface area contributed by atoms with E-state index in [2.05, 4.69) is 28.0 Å². The largest absolute Gasteiger partial charge is 0.451 e. The topological polar surface area (TPSA) is 77.5 Å². The fourth-order valence-corrected chi connectivity index (χ4v) is 3.57. The molecule has 0 fully saturated rings. The summed E-state index contributed by atoms with van der Waals surface area (Å²) in [7, 11) is 1.39. The lowest BCUT2D eigenvalue weighted by Crippen LogP contribution is -2.31. The SMILES string of the molecule is COCC(=O)O[C@H](C)C(=O)Nc1ccc(-c2nc3ccc(C)cc3s2)cc1. The molecule has 6 nitrogen and oxygen atoms in total. The van der Waals surface area contributed by atoms with Gasteiger partial charge in [0.15, 0.2) is 6.10 Å². The molecule has 0 bridgehead atoms. The second-order valence-electron chi connectivity index (χ2n) is 6.12. The molecule has 1 atom stereocenters. The average Bonchev–Trinajstić information content (AvgIpc) is 3.05. The molecule has 7 heteroatoms. The van der Waals surface area contributed by atoms with E-state index in [0.29, 0.717) is 5.69 Å². The Hall–Kier alpha value is -2.77. The first-order chi connectivity index (χ1) is 13.0. The van der Waals surface area contributed by atoms with Crippen molar-refractivity contribution in [1.29, 1.82) is 0 Å². The number of hydrogen-bond donors (Lipinski definition) is 1. The molecule has 1 heterocycles. The van der Waals surface area contributed by atoms with Crippen LogP contribution in [0.5, 0.6) is 0 Å². The number of ether oxygens (including phenoxy) is 2. The summed E-state index contributed by atoms with van der Waals surface area (Å²) in [6.45, 7) is 3.39. The van der Waals surface area contributed by atoms with E-state index >= 15 is 0 Å². The van der Waals surface area contributed by atoms with Gasteiger partial charge in [-0.05, 0) is 55.8 Å². The van der Waals surface area contributed by atoms with Crippen molar-refractivity contribution in [3.63, 3.8) is 0 Å². The minimum Gasteiger partial charge on any atom is -0.451 e. The maximum Gasteiger partial charge on any atom is 0.332 e. The molecule has 0 saturated heterocycles. The van der Waals surface area contributed by atoms with Crippen LogP contribution in [0.15, 0.2) is 42.5 Å². The van der Waals surface area contributed by atoms with Crippen LogP contribution >= 0.6 is 11.3 Å². The number of esters is 1. The van der Waals surface area contributed by atoms with E-state index in [0.717, 1.165) is 20.8 Å². The van der Waals surface area contributed by atoms with Crippen LogP contribution < -0.4 is 5.32 Å². The quantitative estimate of drug-likeness (QED) is 0.654. The van der Waals surface area contributed by atoms with E-state index in [4.69, 9.17) is 4.74 Å². The first-order valence-corrected chi connectivity index (χ1v) is 9.25. The minimum absolute atomic E-state index is 0.186. The Bertz CT molecular complexity index is 966. The Kier molecular flexibility index (Phi) is 5.83. The minimum atomic E-state index is -0.903. The van der Waals surface area contributed by atoms with Crippen molar-refractivity contribution in [2.75, 3.05) is 19.0 Å². The number of amides is 1. The molecule has 140 valence electrons. The van der Waals surface area contributed by atoms with Crippen LogP contribution in [0.3, 0.4) is 0 Å². The zero-order valence-corrected chi connectivity index (χ0v) is 16.1. The van der Waals surface area contributed by atoms with Crippen LogP contribution in [0.2, 0.25) is 0 Å². The molecular weight excluding hydrogens is 364 g/mol. The van der Waals surface area contributed by atoms with Crippen molar-refractivity contribution in [3.05, 3.63) is 48.0 Å². The zero-order chi connectivity index (χ0) is 19.4. The summed E-state index contributed by atoms with van der Waals surface area (Å²) < 4.78 is 10.8. The highest BCUT2D eigenvalue weighted by Gasteiger charge is 2.17. The number of aromatic nitrogens is 1.